The van der Waals surface area contributed by atoms with E-state index in [1.807, 2.05) is 0 Å². The van der Waals surface area contributed by atoms with E-state index in [0.717, 1.165) is 4.88 Å². The molecule has 12 heavy (non-hydrogen) atoms. The van der Waals surface area contributed by atoms with E-state index >= 15 is 0 Å². The van der Waals surface area contributed by atoms with Crippen molar-refractivity contribution in [1.82, 2.24) is 4.98 Å². The monoisotopic (exact) mass is 188 g/mol. The summed E-state index contributed by atoms with van der Waals surface area (Å²) in [4.78, 5) is 4.95. The molecule has 0 bridgehead atoms. The number of hydrogen-bond acceptors (Lipinski definition) is 5. The molecule has 0 unspecified atom stereocenters. The molecule has 0 spiro atoms. The zero-order chi connectivity index (χ0) is 8.81. The molecule has 0 saturated carbocycles. The summed E-state index contributed by atoms with van der Waals surface area (Å²) >= 11 is 1.45. The van der Waals surface area contributed by atoms with Gasteiger partial charge in [-0.15, -0.1) is 0 Å². The van der Waals surface area contributed by atoms with Gasteiger partial charge in [0.2, 0.25) is 0 Å². The van der Waals surface area contributed by atoms with E-state index < -0.39 is 0 Å². The van der Waals surface area contributed by atoms with Gasteiger partial charge in [-0.3, -0.25) is 0 Å². The minimum atomic E-state index is 0.568. The zero-order valence-corrected chi connectivity index (χ0v) is 7.76. The predicted molar refractivity (Wildman–Crippen MR) is 48.1 cm³/mol. The molecule has 0 fully saturated rings. The topological polar surface area (TPSA) is 57.4 Å². The summed E-state index contributed by atoms with van der Waals surface area (Å²) in [7, 11) is 1.65. The van der Waals surface area contributed by atoms with Crippen molar-refractivity contribution in [2.24, 2.45) is 0 Å². The van der Waals surface area contributed by atoms with Crippen LogP contribution in [0.25, 0.3) is 0 Å². The van der Waals surface area contributed by atoms with E-state index in [2.05, 4.69) is 4.98 Å². The highest BCUT2D eigenvalue weighted by Crippen LogP contribution is 2.14. The van der Waals surface area contributed by atoms with Gasteiger partial charge in [-0.1, -0.05) is 11.3 Å². The Morgan fingerprint density at radius 3 is 3.00 bits per heavy atom. The molecule has 0 amide bonds. The second-order valence-corrected chi connectivity index (χ2v) is 3.36. The smallest absolute Gasteiger partial charge is 0.180 e. The molecule has 4 nitrogen and oxygen atoms in total. The van der Waals surface area contributed by atoms with Crippen molar-refractivity contribution >= 4 is 16.5 Å². The molecule has 0 aliphatic carbocycles. The van der Waals surface area contributed by atoms with Crippen LogP contribution in [0.3, 0.4) is 0 Å². The molecule has 5 heteroatoms. The van der Waals surface area contributed by atoms with Crippen LogP contribution >= 0.6 is 11.3 Å². The first-order valence-corrected chi connectivity index (χ1v) is 4.41. The first-order chi connectivity index (χ1) is 5.83. The average molecular weight is 188 g/mol. The lowest BCUT2D eigenvalue weighted by molar-refractivity contribution is 0.0628. The number of hydrogen-bond donors (Lipinski definition) is 1. The number of anilines is 1. The summed E-state index contributed by atoms with van der Waals surface area (Å²) in [5.41, 5.74) is 5.44. The molecular weight excluding hydrogens is 176 g/mol. The third-order valence-electron chi connectivity index (χ3n) is 1.25. The first-order valence-electron chi connectivity index (χ1n) is 3.60. The summed E-state index contributed by atoms with van der Waals surface area (Å²) in [6.07, 6.45) is 1.73. The van der Waals surface area contributed by atoms with Crippen LogP contribution in [0.2, 0.25) is 0 Å². The molecule has 1 aromatic rings. The van der Waals surface area contributed by atoms with Crippen molar-refractivity contribution in [1.29, 1.82) is 0 Å². The third kappa shape index (κ3) is 3.17. The minimum Gasteiger partial charge on any atom is -0.382 e. The lowest BCUT2D eigenvalue weighted by Gasteiger charge is -1.99. The second kappa shape index (κ2) is 5.08. The molecule has 1 aromatic heterocycles. The minimum absolute atomic E-state index is 0.568. The van der Waals surface area contributed by atoms with Crippen LogP contribution in [0, 0.1) is 0 Å². The van der Waals surface area contributed by atoms with Crippen LogP contribution in [0.4, 0.5) is 5.13 Å². The molecule has 0 aliphatic rings. The highest BCUT2D eigenvalue weighted by molar-refractivity contribution is 7.15. The molecule has 0 saturated heterocycles. The molecule has 1 heterocycles. The van der Waals surface area contributed by atoms with Gasteiger partial charge in [-0.05, 0) is 0 Å². The average Bonchev–Trinajstić information content (AvgIpc) is 2.45. The zero-order valence-electron chi connectivity index (χ0n) is 6.95. The van der Waals surface area contributed by atoms with E-state index in [0.29, 0.717) is 25.0 Å². The molecule has 0 aliphatic heterocycles. The third-order valence-corrected chi connectivity index (χ3v) is 2.05. The Labute approximate surface area is 75.3 Å². The van der Waals surface area contributed by atoms with Crippen LogP contribution in [-0.2, 0) is 16.1 Å². The Balaban J connectivity index is 2.15. The molecule has 68 valence electrons. The highest BCUT2D eigenvalue weighted by atomic mass is 32.1. The molecule has 0 aromatic carbocycles. The van der Waals surface area contributed by atoms with Crippen molar-refractivity contribution in [3.05, 3.63) is 11.1 Å². The highest BCUT2D eigenvalue weighted by Gasteiger charge is 1.97. The fraction of sp³-hybridized carbons (Fsp3) is 0.571. The predicted octanol–water partition coefficient (Wildman–Crippen LogP) is 0.888. The quantitative estimate of drug-likeness (QED) is 0.697. The Morgan fingerprint density at radius 1 is 1.58 bits per heavy atom. The molecule has 0 radical (unpaired) electrons. The summed E-state index contributed by atoms with van der Waals surface area (Å²) in [6, 6.07) is 0. The second-order valence-electron chi connectivity index (χ2n) is 2.21. The van der Waals surface area contributed by atoms with Crippen LogP contribution in [-0.4, -0.2) is 25.3 Å². The van der Waals surface area contributed by atoms with Gasteiger partial charge < -0.3 is 15.2 Å². The lowest BCUT2D eigenvalue weighted by atomic mass is 10.6. The number of methoxy groups -OCH3 is 1. The SMILES string of the molecule is COCCOCc1cnc(N)s1. The van der Waals surface area contributed by atoms with Crippen molar-refractivity contribution < 1.29 is 9.47 Å². The number of nitrogens with zero attached hydrogens (tertiary/aromatic N) is 1. The van der Waals surface area contributed by atoms with Crippen molar-refractivity contribution in [3.63, 3.8) is 0 Å². The fourth-order valence-corrected chi connectivity index (χ4v) is 1.33. The number of aromatic nitrogens is 1. The molecular formula is C7H12N2O2S. The van der Waals surface area contributed by atoms with Crippen LogP contribution in [0.15, 0.2) is 6.20 Å². The largest absolute Gasteiger partial charge is 0.382 e. The number of nitrogens with two attached hydrogens (primary N) is 1. The Hall–Kier alpha value is -0.650. The van der Waals surface area contributed by atoms with Gasteiger partial charge in [0.05, 0.1) is 24.7 Å². The number of thiazole rings is 1. The first kappa shape index (κ1) is 9.44. The van der Waals surface area contributed by atoms with Gasteiger partial charge in [-0.25, -0.2) is 4.98 Å². The summed E-state index contributed by atoms with van der Waals surface area (Å²) in [5.74, 6) is 0. The summed E-state index contributed by atoms with van der Waals surface area (Å²) in [5, 5.41) is 0.584. The standard InChI is InChI=1S/C7H12N2O2S/c1-10-2-3-11-5-6-4-9-7(8)12-6/h4H,2-3,5H2,1H3,(H2,8,9). The van der Waals surface area contributed by atoms with E-state index in [1.165, 1.54) is 11.3 Å². The van der Waals surface area contributed by atoms with Crippen molar-refractivity contribution in [3.8, 4) is 0 Å². The molecule has 1 rings (SSSR count). The van der Waals surface area contributed by atoms with Gasteiger partial charge in [0.25, 0.3) is 0 Å². The van der Waals surface area contributed by atoms with Gasteiger partial charge in [-0.2, -0.15) is 0 Å². The number of nitrogen functional groups attached to an aromatic ring is 1. The maximum absolute atomic E-state index is 5.44. The Morgan fingerprint density at radius 2 is 2.42 bits per heavy atom. The lowest BCUT2D eigenvalue weighted by Crippen LogP contribution is -2.00. The van der Waals surface area contributed by atoms with E-state index in [9.17, 15) is 0 Å². The van der Waals surface area contributed by atoms with Gasteiger partial charge in [0, 0.05) is 13.3 Å². The van der Waals surface area contributed by atoms with E-state index in [-0.39, 0.29) is 0 Å². The maximum Gasteiger partial charge on any atom is 0.180 e. The van der Waals surface area contributed by atoms with Crippen LogP contribution < -0.4 is 5.73 Å². The van der Waals surface area contributed by atoms with Crippen LogP contribution in [0.5, 0.6) is 0 Å². The van der Waals surface area contributed by atoms with E-state index in [1.54, 1.807) is 13.3 Å². The Kier molecular flexibility index (Phi) is 3.99. The van der Waals surface area contributed by atoms with Crippen molar-refractivity contribution in [2.75, 3.05) is 26.1 Å². The maximum atomic E-state index is 5.44. The van der Waals surface area contributed by atoms with Crippen molar-refractivity contribution in [2.45, 2.75) is 6.61 Å². The number of rotatable bonds is 5. The number of ether oxygens (including phenoxy) is 2. The van der Waals surface area contributed by atoms with Gasteiger partial charge >= 0.3 is 0 Å². The summed E-state index contributed by atoms with van der Waals surface area (Å²) < 4.78 is 10.1. The van der Waals surface area contributed by atoms with Gasteiger partial charge in [0.15, 0.2) is 5.13 Å². The van der Waals surface area contributed by atoms with Gasteiger partial charge in [0.1, 0.15) is 0 Å². The molecule has 0 atom stereocenters. The summed E-state index contributed by atoms with van der Waals surface area (Å²) in [6.45, 7) is 1.79. The Bertz CT molecular complexity index is 227. The molecule has 2 N–H and O–H groups in total. The van der Waals surface area contributed by atoms with E-state index in [4.69, 9.17) is 15.2 Å². The fourth-order valence-electron chi connectivity index (χ4n) is 0.704. The normalized spacial score (nSPS) is 10.4. The van der Waals surface area contributed by atoms with Crippen LogP contribution in [0.1, 0.15) is 4.88 Å².